The van der Waals surface area contributed by atoms with Gasteiger partial charge >= 0.3 is 0 Å². The molecule has 0 unspecified atom stereocenters. The Morgan fingerprint density at radius 2 is 1.74 bits per heavy atom. The molecule has 0 saturated carbocycles. The van der Waals surface area contributed by atoms with Gasteiger partial charge in [0.2, 0.25) is 0 Å². The van der Waals surface area contributed by atoms with Gasteiger partial charge in [-0.3, -0.25) is 9.69 Å². The summed E-state index contributed by atoms with van der Waals surface area (Å²) in [5.41, 5.74) is 7.46. The lowest BCUT2D eigenvalue weighted by molar-refractivity contribution is 0.0941. The summed E-state index contributed by atoms with van der Waals surface area (Å²) >= 11 is 0. The molecule has 7 heteroatoms. The van der Waals surface area contributed by atoms with Crippen molar-refractivity contribution in [3.63, 3.8) is 0 Å². The maximum absolute atomic E-state index is 12.0. The van der Waals surface area contributed by atoms with Crippen LogP contribution < -0.4 is 11.1 Å². The van der Waals surface area contributed by atoms with Crippen LogP contribution in [0.1, 0.15) is 22.8 Å². The highest BCUT2D eigenvalue weighted by molar-refractivity contribution is 5.94. The van der Waals surface area contributed by atoms with Crippen molar-refractivity contribution < 1.29 is 4.79 Å². The van der Waals surface area contributed by atoms with E-state index < -0.39 is 0 Å². The number of piperazine rings is 1. The molecule has 1 heterocycles. The third kappa shape index (κ3) is 7.06. The molecule has 1 saturated heterocycles. The van der Waals surface area contributed by atoms with Gasteiger partial charge in [-0.25, -0.2) is 0 Å². The van der Waals surface area contributed by atoms with E-state index in [0.29, 0.717) is 12.1 Å². The molecule has 23 heavy (non-hydrogen) atoms. The summed E-state index contributed by atoms with van der Waals surface area (Å²) in [5.74, 6) is -0.0564. The van der Waals surface area contributed by atoms with E-state index >= 15 is 0 Å². The SMILES string of the molecule is C[C@@H](CN)NC(=O)c1ccc(CN2CCN(C)CC2)cc1.Cl.Cl. The summed E-state index contributed by atoms with van der Waals surface area (Å²) in [6.45, 7) is 7.76. The minimum atomic E-state index is -0.0564. The van der Waals surface area contributed by atoms with E-state index in [2.05, 4.69) is 22.2 Å². The van der Waals surface area contributed by atoms with Crippen LogP contribution in [0.3, 0.4) is 0 Å². The topological polar surface area (TPSA) is 61.6 Å². The molecule has 0 spiro atoms. The third-order valence-electron chi connectivity index (χ3n) is 3.95. The van der Waals surface area contributed by atoms with Gasteiger partial charge in [-0.2, -0.15) is 0 Å². The van der Waals surface area contributed by atoms with Crippen LogP contribution >= 0.6 is 24.8 Å². The van der Waals surface area contributed by atoms with Gasteiger partial charge in [-0.1, -0.05) is 12.1 Å². The zero-order valence-electron chi connectivity index (χ0n) is 13.8. The number of benzene rings is 1. The lowest BCUT2D eigenvalue weighted by Gasteiger charge is -2.32. The molecule has 0 radical (unpaired) electrons. The molecule has 1 aromatic carbocycles. The highest BCUT2D eigenvalue weighted by Crippen LogP contribution is 2.10. The molecule has 1 fully saturated rings. The summed E-state index contributed by atoms with van der Waals surface area (Å²) < 4.78 is 0. The first kappa shape index (κ1) is 22.1. The number of nitrogens with two attached hydrogens (primary N) is 1. The molecule has 0 aromatic heterocycles. The van der Waals surface area contributed by atoms with E-state index in [-0.39, 0.29) is 36.8 Å². The van der Waals surface area contributed by atoms with Crippen molar-refractivity contribution in [2.45, 2.75) is 19.5 Å². The van der Waals surface area contributed by atoms with Crippen molar-refractivity contribution >= 4 is 30.7 Å². The Morgan fingerprint density at radius 3 is 2.26 bits per heavy atom. The summed E-state index contributed by atoms with van der Waals surface area (Å²) in [5, 5.41) is 2.87. The second-order valence-electron chi connectivity index (χ2n) is 5.89. The molecule has 0 aliphatic carbocycles. The minimum absolute atomic E-state index is 0. The van der Waals surface area contributed by atoms with Crippen LogP contribution in [0, 0.1) is 0 Å². The van der Waals surface area contributed by atoms with Crippen LogP contribution in [-0.2, 0) is 6.54 Å². The first-order chi connectivity index (χ1) is 10.1. The Balaban J connectivity index is 0.00000242. The van der Waals surface area contributed by atoms with Gasteiger partial charge < -0.3 is 16.0 Å². The number of carbonyl (C=O) groups excluding carboxylic acids is 1. The predicted molar refractivity (Wildman–Crippen MR) is 99.7 cm³/mol. The fourth-order valence-electron chi connectivity index (χ4n) is 2.39. The standard InChI is InChI=1S/C16H26N4O.2ClH/c1-13(11-17)18-16(21)15-5-3-14(4-6-15)12-20-9-7-19(2)8-10-20;;/h3-6,13H,7-12,17H2,1-2H3,(H,18,21);2*1H/t13-;;/m0../s1. The summed E-state index contributed by atoms with van der Waals surface area (Å²) in [4.78, 5) is 16.8. The first-order valence-corrected chi connectivity index (χ1v) is 7.59. The fraction of sp³-hybridized carbons (Fsp3) is 0.562. The average molecular weight is 363 g/mol. The maximum atomic E-state index is 12.0. The van der Waals surface area contributed by atoms with Crippen LogP contribution in [0.2, 0.25) is 0 Å². The molecule has 1 amide bonds. The van der Waals surface area contributed by atoms with Gasteiger partial charge in [-0.05, 0) is 31.7 Å². The number of halogens is 2. The molecule has 5 nitrogen and oxygen atoms in total. The summed E-state index contributed by atoms with van der Waals surface area (Å²) in [6, 6.07) is 7.87. The quantitative estimate of drug-likeness (QED) is 0.829. The van der Waals surface area contributed by atoms with Crippen molar-refractivity contribution in [2.75, 3.05) is 39.8 Å². The monoisotopic (exact) mass is 362 g/mol. The van der Waals surface area contributed by atoms with Crippen molar-refractivity contribution in [2.24, 2.45) is 5.73 Å². The number of amides is 1. The van der Waals surface area contributed by atoms with Gasteiger partial charge in [0.15, 0.2) is 0 Å². The van der Waals surface area contributed by atoms with E-state index in [1.807, 2.05) is 31.2 Å². The van der Waals surface area contributed by atoms with E-state index in [1.54, 1.807) is 0 Å². The van der Waals surface area contributed by atoms with E-state index in [4.69, 9.17) is 5.73 Å². The number of likely N-dealkylation sites (N-methyl/N-ethyl adjacent to an activating group) is 1. The highest BCUT2D eigenvalue weighted by Gasteiger charge is 2.14. The van der Waals surface area contributed by atoms with Gasteiger partial charge in [0.25, 0.3) is 5.91 Å². The molecule has 3 N–H and O–H groups in total. The van der Waals surface area contributed by atoms with Crippen LogP contribution in [-0.4, -0.2) is 61.5 Å². The van der Waals surface area contributed by atoms with Crippen molar-refractivity contribution in [3.05, 3.63) is 35.4 Å². The number of nitrogens with one attached hydrogen (secondary N) is 1. The zero-order valence-corrected chi connectivity index (χ0v) is 15.5. The van der Waals surface area contributed by atoms with Crippen LogP contribution in [0.25, 0.3) is 0 Å². The molecule has 1 aliphatic heterocycles. The second-order valence-corrected chi connectivity index (χ2v) is 5.89. The predicted octanol–water partition coefficient (Wildman–Crippen LogP) is 1.35. The molecule has 132 valence electrons. The molecule has 2 rings (SSSR count). The van der Waals surface area contributed by atoms with E-state index in [0.717, 1.165) is 32.7 Å². The van der Waals surface area contributed by atoms with Gasteiger partial charge in [0, 0.05) is 50.9 Å². The van der Waals surface area contributed by atoms with Crippen LogP contribution in [0.15, 0.2) is 24.3 Å². The highest BCUT2D eigenvalue weighted by atomic mass is 35.5. The Kier molecular flexibility index (Phi) is 10.4. The Bertz CT molecular complexity index is 462. The number of hydrogen-bond acceptors (Lipinski definition) is 4. The fourth-order valence-corrected chi connectivity index (χ4v) is 2.39. The molecule has 1 atom stereocenters. The molecule has 1 aromatic rings. The second kappa shape index (κ2) is 10.8. The summed E-state index contributed by atoms with van der Waals surface area (Å²) in [7, 11) is 2.16. The maximum Gasteiger partial charge on any atom is 0.251 e. The zero-order chi connectivity index (χ0) is 15.2. The first-order valence-electron chi connectivity index (χ1n) is 7.59. The van der Waals surface area contributed by atoms with Crippen molar-refractivity contribution in [1.29, 1.82) is 0 Å². The van der Waals surface area contributed by atoms with Crippen molar-refractivity contribution in [1.82, 2.24) is 15.1 Å². The number of hydrogen-bond donors (Lipinski definition) is 2. The molecule has 1 aliphatic rings. The van der Waals surface area contributed by atoms with Gasteiger partial charge in [0.05, 0.1) is 0 Å². The smallest absolute Gasteiger partial charge is 0.251 e. The summed E-state index contributed by atoms with van der Waals surface area (Å²) in [6.07, 6.45) is 0. The normalized spacial score (nSPS) is 16.8. The van der Waals surface area contributed by atoms with E-state index in [1.165, 1.54) is 5.56 Å². The number of nitrogens with zero attached hydrogens (tertiary/aromatic N) is 2. The Hall–Kier alpha value is -0.850. The van der Waals surface area contributed by atoms with Gasteiger partial charge in [0.1, 0.15) is 0 Å². The molecule has 0 bridgehead atoms. The third-order valence-corrected chi connectivity index (χ3v) is 3.95. The number of carbonyl (C=O) groups is 1. The van der Waals surface area contributed by atoms with Crippen LogP contribution in [0.4, 0.5) is 0 Å². The Morgan fingerprint density at radius 1 is 1.17 bits per heavy atom. The van der Waals surface area contributed by atoms with Crippen LogP contribution in [0.5, 0.6) is 0 Å². The largest absolute Gasteiger partial charge is 0.348 e. The van der Waals surface area contributed by atoms with Crippen molar-refractivity contribution in [3.8, 4) is 0 Å². The lowest BCUT2D eigenvalue weighted by atomic mass is 10.1. The van der Waals surface area contributed by atoms with Gasteiger partial charge in [-0.15, -0.1) is 24.8 Å². The lowest BCUT2D eigenvalue weighted by Crippen LogP contribution is -2.43. The number of rotatable bonds is 5. The molecular weight excluding hydrogens is 335 g/mol. The van der Waals surface area contributed by atoms with E-state index in [9.17, 15) is 4.79 Å². The minimum Gasteiger partial charge on any atom is -0.348 e. The Labute approximate surface area is 151 Å². The molecular formula is C16H28Cl2N4O. The average Bonchev–Trinajstić information content (AvgIpc) is 2.50.